The number of esters is 1. The highest BCUT2D eigenvalue weighted by atomic mass is 16.5. The summed E-state index contributed by atoms with van der Waals surface area (Å²) in [7, 11) is 1.28. The summed E-state index contributed by atoms with van der Waals surface area (Å²) in [6, 6.07) is 13.7. The van der Waals surface area contributed by atoms with E-state index in [1.807, 2.05) is 6.07 Å². The van der Waals surface area contributed by atoms with Crippen molar-refractivity contribution in [2.45, 2.75) is 6.92 Å². The van der Waals surface area contributed by atoms with Crippen molar-refractivity contribution in [2.75, 3.05) is 19.0 Å². The first-order valence-corrected chi connectivity index (χ1v) is 7.16. The Labute approximate surface area is 139 Å². The summed E-state index contributed by atoms with van der Waals surface area (Å²) in [6.07, 6.45) is 0. The lowest BCUT2D eigenvalue weighted by atomic mass is 10.1. The number of methoxy groups -OCH3 is 1. The van der Waals surface area contributed by atoms with E-state index in [1.165, 1.54) is 7.11 Å². The minimum atomic E-state index is -0.529. The van der Waals surface area contributed by atoms with Crippen LogP contribution in [0.1, 0.15) is 21.5 Å². The van der Waals surface area contributed by atoms with Crippen LogP contribution < -0.4 is 10.1 Å². The fraction of sp³-hybridized carbons (Fsp3) is 0.167. The molecule has 6 nitrogen and oxygen atoms in total. The van der Waals surface area contributed by atoms with Crippen molar-refractivity contribution in [3.8, 4) is 11.8 Å². The lowest BCUT2D eigenvalue weighted by Crippen LogP contribution is -2.22. The highest BCUT2D eigenvalue weighted by molar-refractivity contribution is 6.02. The molecule has 122 valence electrons. The quantitative estimate of drug-likeness (QED) is 0.854. The van der Waals surface area contributed by atoms with Gasteiger partial charge < -0.3 is 14.8 Å². The standard InChI is InChI=1S/C18H16N2O4/c1-12-6-5-8-14(17(12)18(22)23-2)20-16(21)11-24-15-9-4-3-7-13(15)10-19/h3-9H,11H2,1-2H3,(H,20,21). The Bertz CT molecular complexity index is 809. The molecule has 2 rings (SSSR count). The number of carbonyl (C=O) groups excluding carboxylic acids is 2. The maximum Gasteiger partial charge on any atom is 0.340 e. The van der Waals surface area contributed by atoms with Gasteiger partial charge in [0.1, 0.15) is 11.8 Å². The van der Waals surface area contributed by atoms with E-state index in [0.29, 0.717) is 28.1 Å². The Morgan fingerprint density at radius 2 is 1.92 bits per heavy atom. The molecular formula is C18H16N2O4. The van der Waals surface area contributed by atoms with E-state index in [1.54, 1.807) is 49.4 Å². The number of rotatable bonds is 5. The number of anilines is 1. The summed E-state index contributed by atoms with van der Waals surface area (Å²) in [5.41, 5.74) is 1.68. The molecule has 0 aliphatic carbocycles. The predicted octanol–water partition coefficient (Wildman–Crippen LogP) is 2.67. The number of hydrogen-bond acceptors (Lipinski definition) is 5. The number of nitrogens with one attached hydrogen (secondary N) is 1. The molecule has 0 saturated carbocycles. The van der Waals surface area contributed by atoms with E-state index < -0.39 is 11.9 Å². The van der Waals surface area contributed by atoms with Crippen LogP contribution in [0.2, 0.25) is 0 Å². The van der Waals surface area contributed by atoms with Crippen LogP contribution >= 0.6 is 0 Å². The molecule has 0 saturated heterocycles. The highest BCUT2D eigenvalue weighted by Crippen LogP contribution is 2.21. The van der Waals surface area contributed by atoms with Gasteiger partial charge in [0.05, 0.1) is 23.9 Å². The van der Waals surface area contributed by atoms with E-state index >= 15 is 0 Å². The van der Waals surface area contributed by atoms with E-state index in [9.17, 15) is 9.59 Å². The molecule has 1 N–H and O–H groups in total. The number of hydrogen-bond donors (Lipinski definition) is 1. The van der Waals surface area contributed by atoms with Crippen LogP contribution in [0, 0.1) is 18.3 Å². The van der Waals surface area contributed by atoms with Crippen LogP contribution in [-0.2, 0) is 9.53 Å². The van der Waals surface area contributed by atoms with Crippen molar-refractivity contribution < 1.29 is 19.1 Å². The summed E-state index contributed by atoms with van der Waals surface area (Å²) in [5.74, 6) is -0.648. The van der Waals surface area contributed by atoms with Crippen molar-refractivity contribution >= 4 is 17.6 Å². The molecule has 0 atom stereocenters. The number of carbonyl (C=O) groups is 2. The minimum Gasteiger partial charge on any atom is -0.482 e. The summed E-state index contributed by atoms with van der Waals surface area (Å²) >= 11 is 0. The number of nitrogens with zero attached hydrogens (tertiary/aromatic N) is 1. The van der Waals surface area contributed by atoms with Crippen LogP contribution in [0.3, 0.4) is 0 Å². The molecule has 0 aromatic heterocycles. The average molecular weight is 324 g/mol. The fourth-order valence-corrected chi connectivity index (χ4v) is 2.16. The largest absolute Gasteiger partial charge is 0.482 e. The molecule has 2 aromatic carbocycles. The van der Waals surface area contributed by atoms with Crippen molar-refractivity contribution in [1.82, 2.24) is 0 Å². The number of ether oxygens (including phenoxy) is 2. The summed E-state index contributed by atoms with van der Waals surface area (Å²) in [6.45, 7) is 1.47. The average Bonchev–Trinajstić information content (AvgIpc) is 2.59. The molecule has 6 heteroatoms. The zero-order valence-electron chi connectivity index (χ0n) is 13.3. The Morgan fingerprint density at radius 1 is 1.17 bits per heavy atom. The molecule has 0 aliphatic rings. The van der Waals surface area contributed by atoms with E-state index in [4.69, 9.17) is 14.7 Å². The predicted molar refractivity (Wildman–Crippen MR) is 87.8 cm³/mol. The molecule has 0 spiro atoms. The molecular weight excluding hydrogens is 308 g/mol. The molecule has 0 heterocycles. The molecule has 0 radical (unpaired) electrons. The fourth-order valence-electron chi connectivity index (χ4n) is 2.16. The topological polar surface area (TPSA) is 88.4 Å². The number of para-hydroxylation sites is 1. The van der Waals surface area contributed by atoms with Crippen molar-refractivity contribution in [3.63, 3.8) is 0 Å². The third-order valence-corrected chi connectivity index (χ3v) is 3.30. The molecule has 24 heavy (non-hydrogen) atoms. The smallest absolute Gasteiger partial charge is 0.340 e. The zero-order valence-corrected chi connectivity index (χ0v) is 13.3. The van der Waals surface area contributed by atoms with Gasteiger partial charge in [-0.05, 0) is 30.7 Å². The SMILES string of the molecule is COC(=O)c1c(C)cccc1NC(=O)COc1ccccc1C#N. The third kappa shape index (κ3) is 3.90. The Kier molecular flexibility index (Phi) is 5.53. The highest BCUT2D eigenvalue weighted by Gasteiger charge is 2.16. The lowest BCUT2D eigenvalue weighted by molar-refractivity contribution is -0.118. The van der Waals surface area contributed by atoms with Gasteiger partial charge >= 0.3 is 5.97 Å². The maximum atomic E-state index is 12.1. The first-order chi connectivity index (χ1) is 11.6. The van der Waals surface area contributed by atoms with Gasteiger partial charge in [0.2, 0.25) is 0 Å². The molecule has 0 fully saturated rings. The van der Waals surface area contributed by atoms with Crippen LogP contribution in [-0.4, -0.2) is 25.6 Å². The van der Waals surface area contributed by atoms with Gasteiger partial charge in [-0.2, -0.15) is 5.26 Å². The zero-order chi connectivity index (χ0) is 17.5. The summed E-state index contributed by atoms with van der Waals surface area (Å²) < 4.78 is 10.1. The maximum absolute atomic E-state index is 12.1. The van der Waals surface area contributed by atoms with Gasteiger partial charge in [-0.3, -0.25) is 4.79 Å². The second-order valence-corrected chi connectivity index (χ2v) is 4.93. The number of amides is 1. The van der Waals surface area contributed by atoms with Gasteiger partial charge in [-0.1, -0.05) is 24.3 Å². The second-order valence-electron chi connectivity index (χ2n) is 4.93. The van der Waals surface area contributed by atoms with Gasteiger partial charge in [0.25, 0.3) is 5.91 Å². The first kappa shape index (κ1) is 17.0. The monoisotopic (exact) mass is 324 g/mol. The molecule has 2 aromatic rings. The van der Waals surface area contributed by atoms with Crippen molar-refractivity contribution in [1.29, 1.82) is 5.26 Å². The molecule has 1 amide bonds. The number of nitriles is 1. The molecule has 0 bridgehead atoms. The van der Waals surface area contributed by atoms with Crippen molar-refractivity contribution in [2.24, 2.45) is 0 Å². The Balaban J connectivity index is 2.10. The van der Waals surface area contributed by atoms with Gasteiger partial charge in [0.15, 0.2) is 6.61 Å². The van der Waals surface area contributed by atoms with E-state index in [2.05, 4.69) is 5.32 Å². The minimum absolute atomic E-state index is 0.284. The van der Waals surface area contributed by atoms with Gasteiger partial charge in [-0.15, -0.1) is 0 Å². The first-order valence-electron chi connectivity index (χ1n) is 7.16. The van der Waals surface area contributed by atoms with Gasteiger partial charge in [0, 0.05) is 0 Å². The third-order valence-electron chi connectivity index (χ3n) is 3.30. The second kappa shape index (κ2) is 7.79. The number of benzene rings is 2. The van der Waals surface area contributed by atoms with Crippen LogP contribution in [0.25, 0.3) is 0 Å². The summed E-state index contributed by atoms with van der Waals surface area (Å²) in [4.78, 5) is 23.9. The van der Waals surface area contributed by atoms with E-state index in [0.717, 1.165) is 0 Å². The molecule has 0 aliphatic heterocycles. The number of aryl methyl sites for hydroxylation is 1. The van der Waals surface area contributed by atoms with Crippen LogP contribution in [0.5, 0.6) is 5.75 Å². The van der Waals surface area contributed by atoms with Crippen LogP contribution in [0.15, 0.2) is 42.5 Å². The van der Waals surface area contributed by atoms with E-state index in [-0.39, 0.29) is 6.61 Å². The van der Waals surface area contributed by atoms with Gasteiger partial charge in [-0.25, -0.2) is 4.79 Å². The Morgan fingerprint density at radius 3 is 2.62 bits per heavy atom. The summed E-state index contributed by atoms with van der Waals surface area (Å²) in [5, 5.41) is 11.6. The van der Waals surface area contributed by atoms with Crippen LogP contribution in [0.4, 0.5) is 5.69 Å². The normalized spacial score (nSPS) is 9.71. The molecule has 0 unspecified atom stereocenters. The van der Waals surface area contributed by atoms with Crippen molar-refractivity contribution in [3.05, 3.63) is 59.2 Å². The Hall–Kier alpha value is -3.33. The lowest BCUT2D eigenvalue weighted by Gasteiger charge is -2.12.